The molecule has 1 aromatic carbocycles. The molecule has 1 saturated heterocycles. The van der Waals surface area contributed by atoms with Crippen LogP contribution in [0.1, 0.15) is 32.8 Å². The lowest BCUT2D eigenvalue weighted by atomic mass is 9.90. The van der Waals surface area contributed by atoms with E-state index in [0.717, 1.165) is 37.7 Å². The number of benzene rings is 1. The number of rotatable bonds is 7. The van der Waals surface area contributed by atoms with E-state index < -0.39 is 0 Å². The van der Waals surface area contributed by atoms with Gasteiger partial charge < -0.3 is 15.2 Å². The van der Waals surface area contributed by atoms with Gasteiger partial charge in [0.05, 0.1) is 13.7 Å². The maximum Gasteiger partial charge on any atom is 0.161 e. The van der Waals surface area contributed by atoms with E-state index in [1.165, 1.54) is 12.0 Å². The van der Waals surface area contributed by atoms with Gasteiger partial charge >= 0.3 is 0 Å². The van der Waals surface area contributed by atoms with Crippen LogP contribution in [-0.2, 0) is 6.54 Å². The molecule has 2 rings (SSSR count). The number of hydrogen-bond donors (Lipinski definition) is 1. The Kier molecular flexibility index (Phi) is 7.65. The Morgan fingerprint density at radius 3 is 2.61 bits per heavy atom. The predicted molar refractivity (Wildman–Crippen MR) is 97.6 cm³/mol. The van der Waals surface area contributed by atoms with Crippen LogP contribution in [0.5, 0.6) is 11.5 Å². The van der Waals surface area contributed by atoms with Crippen molar-refractivity contribution in [3.63, 3.8) is 0 Å². The second-order valence-corrected chi connectivity index (χ2v) is 7.17. The van der Waals surface area contributed by atoms with Crippen molar-refractivity contribution in [3.05, 3.63) is 23.8 Å². The van der Waals surface area contributed by atoms with Crippen molar-refractivity contribution in [2.24, 2.45) is 17.1 Å². The molecule has 0 bridgehead atoms. The molecule has 0 amide bonds. The summed E-state index contributed by atoms with van der Waals surface area (Å²) in [6, 6.07) is 6.24. The molecule has 0 aromatic heterocycles. The average molecular weight is 343 g/mol. The minimum Gasteiger partial charge on any atom is -0.493 e. The highest BCUT2D eigenvalue weighted by Crippen LogP contribution is 2.32. The van der Waals surface area contributed by atoms with E-state index in [1.54, 1.807) is 7.11 Å². The summed E-state index contributed by atoms with van der Waals surface area (Å²) in [5.41, 5.74) is 7.42. The van der Waals surface area contributed by atoms with Crippen molar-refractivity contribution >= 4 is 12.4 Å². The Labute approximate surface area is 146 Å². The zero-order valence-electron chi connectivity index (χ0n) is 14.8. The van der Waals surface area contributed by atoms with Crippen molar-refractivity contribution in [2.45, 2.75) is 33.7 Å². The molecule has 0 spiro atoms. The molecule has 1 aliphatic rings. The van der Waals surface area contributed by atoms with Crippen molar-refractivity contribution < 1.29 is 9.47 Å². The lowest BCUT2D eigenvalue weighted by molar-refractivity contribution is 0.254. The van der Waals surface area contributed by atoms with E-state index in [1.807, 2.05) is 6.07 Å². The molecule has 132 valence electrons. The van der Waals surface area contributed by atoms with Crippen molar-refractivity contribution in [2.75, 3.05) is 33.4 Å². The molecular formula is C18H31ClN2O2. The summed E-state index contributed by atoms with van der Waals surface area (Å²) in [7, 11) is 1.68. The van der Waals surface area contributed by atoms with E-state index in [-0.39, 0.29) is 17.8 Å². The first kappa shape index (κ1) is 20.1. The van der Waals surface area contributed by atoms with Crippen LogP contribution in [0.3, 0.4) is 0 Å². The fourth-order valence-electron chi connectivity index (χ4n) is 2.87. The van der Waals surface area contributed by atoms with Crippen molar-refractivity contribution in [1.82, 2.24) is 4.90 Å². The van der Waals surface area contributed by atoms with E-state index in [4.69, 9.17) is 15.2 Å². The molecule has 1 atom stereocenters. The number of hydrogen-bond acceptors (Lipinski definition) is 4. The van der Waals surface area contributed by atoms with Crippen LogP contribution in [0.4, 0.5) is 0 Å². The van der Waals surface area contributed by atoms with Crippen LogP contribution < -0.4 is 15.2 Å². The van der Waals surface area contributed by atoms with Gasteiger partial charge in [-0.2, -0.15) is 0 Å². The third-order valence-corrected chi connectivity index (χ3v) is 4.34. The molecule has 1 heterocycles. The molecule has 0 saturated carbocycles. The number of nitrogens with zero attached hydrogens (tertiary/aromatic N) is 1. The molecule has 2 N–H and O–H groups in total. The van der Waals surface area contributed by atoms with Crippen LogP contribution in [0.15, 0.2) is 18.2 Å². The van der Waals surface area contributed by atoms with Gasteiger partial charge in [-0.3, -0.25) is 4.90 Å². The Morgan fingerprint density at radius 1 is 1.30 bits per heavy atom. The maximum absolute atomic E-state index is 5.89. The van der Waals surface area contributed by atoms with Gasteiger partial charge in [0.15, 0.2) is 11.5 Å². The van der Waals surface area contributed by atoms with Gasteiger partial charge in [-0.15, -0.1) is 12.4 Å². The van der Waals surface area contributed by atoms with E-state index in [9.17, 15) is 0 Å². The Balaban J connectivity index is 0.00000264. The van der Waals surface area contributed by atoms with E-state index >= 15 is 0 Å². The lowest BCUT2D eigenvalue weighted by Gasteiger charge is -2.23. The van der Waals surface area contributed by atoms with Crippen LogP contribution in [0.25, 0.3) is 0 Å². The summed E-state index contributed by atoms with van der Waals surface area (Å²) in [5, 5.41) is 0. The number of halogens is 1. The molecule has 1 unspecified atom stereocenters. The summed E-state index contributed by atoms with van der Waals surface area (Å²) in [6.07, 6.45) is 1.18. The normalized spacial score (nSPS) is 21.3. The van der Waals surface area contributed by atoms with Gasteiger partial charge in [0.25, 0.3) is 0 Å². The largest absolute Gasteiger partial charge is 0.493 e. The topological polar surface area (TPSA) is 47.7 Å². The van der Waals surface area contributed by atoms with E-state index in [2.05, 4.69) is 37.8 Å². The molecule has 23 heavy (non-hydrogen) atoms. The maximum atomic E-state index is 5.89. The Bertz CT molecular complexity index is 496. The summed E-state index contributed by atoms with van der Waals surface area (Å²) in [4.78, 5) is 2.47. The Hall–Kier alpha value is -0.970. The lowest BCUT2D eigenvalue weighted by Crippen LogP contribution is -2.31. The van der Waals surface area contributed by atoms with Gasteiger partial charge in [0.1, 0.15) is 0 Å². The van der Waals surface area contributed by atoms with Gasteiger partial charge in [0, 0.05) is 13.1 Å². The zero-order chi connectivity index (χ0) is 16.2. The zero-order valence-corrected chi connectivity index (χ0v) is 15.6. The molecule has 1 aliphatic heterocycles. The van der Waals surface area contributed by atoms with Crippen LogP contribution in [0, 0.1) is 11.3 Å². The van der Waals surface area contributed by atoms with Gasteiger partial charge in [-0.05, 0) is 48.5 Å². The van der Waals surface area contributed by atoms with Crippen LogP contribution >= 0.6 is 12.4 Å². The second-order valence-electron chi connectivity index (χ2n) is 7.17. The molecule has 4 nitrogen and oxygen atoms in total. The third kappa shape index (κ3) is 5.55. The number of ether oxygens (including phenoxy) is 2. The first-order chi connectivity index (χ1) is 10.5. The van der Waals surface area contributed by atoms with Crippen LogP contribution in [-0.4, -0.2) is 38.3 Å². The van der Waals surface area contributed by atoms with Gasteiger partial charge in [0.2, 0.25) is 0 Å². The van der Waals surface area contributed by atoms with Gasteiger partial charge in [-0.25, -0.2) is 0 Å². The first-order valence-electron chi connectivity index (χ1n) is 8.18. The molecule has 1 fully saturated rings. The summed E-state index contributed by atoms with van der Waals surface area (Å²) in [5.74, 6) is 2.14. The highest BCUT2D eigenvalue weighted by Gasteiger charge is 2.32. The fourth-order valence-corrected chi connectivity index (χ4v) is 2.87. The standard InChI is InChI=1S/C18H30N2O2.ClH/c1-14(2)11-22-17-9-15(5-6-16(17)21-4)10-20-8-7-18(3,12-19)13-20;/h5-6,9,14H,7-8,10-13,19H2,1-4H3;1H. The number of nitrogens with two attached hydrogens (primary N) is 1. The predicted octanol–water partition coefficient (Wildman–Crippen LogP) is 3.32. The molecule has 1 aromatic rings. The first-order valence-corrected chi connectivity index (χ1v) is 8.18. The van der Waals surface area contributed by atoms with E-state index in [0.29, 0.717) is 12.5 Å². The molecule has 0 radical (unpaired) electrons. The average Bonchev–Trinajstić information content (AvgIpc) is 2.87. The van der Waals surface area contributed by atoms with Gasteiger partial charge in [-0.1, -0.05) is 26.8 Å². The summed E-state index contributed by atoms with van der Waals surface area (Å²) < 4.78 is 11.3. The Morgan fingerprint density at radius 2 is 2.04 bits per heavy atom. The van der Waals surface area contributed by atoms with Crippen LogP contribution in [0.2, 0.25) is 0 Å². The number of methoxy groups -OCH3 is 1. The minimum atomic E-state index is 0. The smallest absolute Gasteiger partial charge is 0.161 e. The minimum absolute atomic E-state index is 0. The summed E-state index contributed by atoms with van der Waals surface area (Å²) >= 11 is 0. The monoisotopic (exact) mass is 342 g/mol. The quantitative estimate of drug-likeness (QED) is 0.825. The fraction of sp³-hybridized carbons (Fsp3) is 0.667. The third-order valence-electron chi connectivity index (χ3n) is 4.34. The molecule has 5 heteroatoms. The molecule has 0 aliphatic carbocycles. The SMILES string of the molecule is COc1ccc(CN2CCC(C)(CN)C2)cc1OCC(C)C.Cl. The second kappa shape index (κ2) is 8.76. The highest BCUT2D eigenvalue weighted by molar-refractivity contribution is 5.85. The highest BCUT2D eigenvalue weighted by atomic mass is 35.5. The summed E-state index contributed by atoms with van der Waals surface area (Å²) in [6.45, 7) is 11.2. The van der Waals surface area contributed by atoms with Crippen molar-refractivity contribution in [1.29, 1.82) is 0 Å². The number of likely N-dealkylation sites (tertiary alicyclic amines) is 1. The molecular weight excluding hydrogens is 312 g/mol. The van der Waals surface area contributed by atoms with Crippen molar-refractivity contribution in [3.8, 4) is 11.5 Å².